The van der Waals surface area contributed by atoms with Crippen molar-refractivity contribution in [3.8, 4) is 0 Å². The van der Waals surface area contributed by atoms with E-state index in [-0.39, 0.29) is 28.2 Å². The van der Waals surface area contributed by atoms with Gasteiger partial charge in [0.25, 0.3) is 0 Å². The second-order valence-electron chi connectivity index (χ2n) is 5.63. The molecule has 134 valence electrons. The van der Waals surface area contributed by atoms with Crippen LogP contribution in [0, 0.1) is 0 Å². The zero-order valence-electron chi connectivity index (χ0n) is 14.1. The number of carboxylic acid groups (broad SMARTS) is 2. The van der Waals surface area contributed by atoms with Gasteiger partial charge >= 0.3 is 17.1 Å². The van der Waals surface area contributed by atoms with Crippen LogP contribution in [-0.4, -0.2) is 11.9 Å². The average Bonchev–Trinajstić information content (AvgIpc) is 2.67. The molecule has 4 nitrogen and oxygen atoms in total. The number of fused-ring (bicyclic) bond motifs is 2. The number of hydrogen-bond donors (Lipinski definition) is 0. The monoisotopic (exact) mass is 398 g/mol. The molecule has 0 aliphatic heterocycles. The number of benzene rings is 4. The largest absolute Gasteiger partial charge is 2.00 e. The maximum atomic E-state index is 10.7. The molecule has 0 radical (unpaired) electrons. The van der Waals surface area contributed by atoms with Crippen LogP contribution in [0.1, 0.15) is 20.7 Å². The van der Waals surface area contributed by atoms with Gasteiger partial charge in [0.15, 0.2) is 0 Å². The van der Waals surface area contributed by atoms with Gasteiger partial charge in [0.05, 0.1) is 11.9 Å². The zero-order valence-corrected chi connectivity index (χ0v) is 15.2. The van der Waals surface area contributed by atoms with Gasteiger partial charge in [0.2, 0.25) is 0 Å². The van der Waals surface area contributed by atoms with Crippen molar-refractivity contribution >= 4 is 33.5 Å². The molecule has 0 heterocycles. The molecule has 0 saturated heterocycles. The van der Waals surface area contributed by atoms with Crippen LogP contribution in [0.4, 0.5) is 0 Å². The van der Waals surface area contributed by atoms with Crippen molar-refractivity contribution in [1.29, 1.82) is 0 Å². The van der Waals surface area contributed by atoms with Gasteiger partial charge in [-0.15, -0.1) is 0 Å². The van der Waals surface area contributed by atoms with Gasteiger partial charge in [-0.1, -0.05) is 84.9 Å². The smallest absolute Gasteiger partial charge is 0.545 e. The molecular weight excluding hydrogens is 384 g/mol. The van der Waals surface area contributed by atoms with Gasteiger partial charge in [-0.05, 0) is 21.5 Å². The van der Waals surface area contributed by atoms with Gasteiger partial charge < -0.3 is 19.8 Å². The summed E-state index contributed by atoms with van der Waals surface area (Å²) in [5.74, 6) is -2.26. The van der Waals surface area contributed by atoms with Gasteiger partial charge in [-0.3, -0.25) is 0 Å². The van der Waals surface area contributed by atoms with Crippen LogP contribution in [0.5, 0.6) is 0 Å². The SMILES string of the molecule is O=C([O-])c1cccc2ccccc12.O=C([O-])c1cccc2ccccc12.[Fe+2]. The number of carbonyl (C=O) groups excluding carboxylic acids is 2. The molecule has 0 amide bonds. The summed E-state index contributed by atoms with van der Waals surface area (Å²) in [6.45, 7) is 0. The zero-order chi connectivity index (χ0) is 18.5. The number of hydrogen-bond acceptors (Lipinski definition) is 4. The van der Waals surface area contributed by atoms with Crippen LogP contribution in [0.2, 0.25) is 0 Å². The summed E-state index contributed by atoms with van der Waals surface area (Å²) < 4.78 is 0. The summed E-state index contributed by atoms with van der Waals surface area (Å²) in [5, 5.41) is 24.7. The first-order valence-electron chi connectivity index (χ1n) is 7.96. The number of aromatic carboxylic acids is 2. The molecule has 4 rings (SSSR count). The maximum absolute atomic E-state index is 10.7. The minimum Gasteiger partial charge on any atom is -0.545 e. The third kappa shape index (κ3) is 4.53. The number of carboxylic acids is 2. The van der Waals surface area contributed by atoms with Crippen molar-refractivity contribution in [2.24, 2.45) is 0 Å². The molecule has 0 spiro atoms. The third-order valence-corrected chi connectivity index (χ3v) is 4.02. The molecule has 0 aliphatic rings. The quantitative estimate of drug-likeness (QED) is 0.486. The summed E-state index contributed by atoms with van der Waals surface area (Å²) >= 11 is 0. The van der Waals surface area contributed by atoms with E-state index in [1.807, 2.05) is 48.5 Å². The molecule has 0 saturated carbocycles. The summed E-state index contributed by atoms with van der Waals surface area (Å²) in [4.78, 5) is 21.4. The third-order valence-electron chi connectivity index (χ3n) is 4.02. The Kier molecular flexibility index (Phi) is 6.72. The first-order valence-corrected chi connectivity index (χ1v) is 7.96. The van der Waals surface area contributed by atoms with E-state index >= 15 is 0 Å². The van der Waals surface area contributed by atoms with Crippen LogP contribution in [0.3, 0.4) is 0 Å². The number of carbonyl (C=O) groups is 2. The standard InChI is InChI=1S/2C11H8O2.Fe/c2*12-11(13)10-7-3-5-8-4-1-2-6-9(8)10;/h2*1-7H,(H,12,13);/q;;+2/p-2. The Morgan fingerprint density at radius 1 is 0.519 bits per heavy atom. The van der Waals surface area contributed by atoms with E-state index in [2.05, 4.69) is 0 Å². The molecular formula is C22H14FeO4. The Bertz CT molecular complexity index is 1010. The fraction of sp³-hybridized carbons (Fsp3) is 0. The predicted octanol–water partition coefficient (Wildman–Crippen LogP) is 2.40. The van der Waals surface area contributed by atoms with E-state index in [9.17, 15) is 19.8 Å². The Hall–Kier alpha value is -3.14. The van der Waals surface area contributed by atoms with Crippen LogP contribution in [-0.2, 0) is 17.1 Å². The van der Waals surface area contributed by atoms with Crippen molar-refractivity contribution in [3.05, 3.63) is 96.1 Å². The molecule has 0 N–H and O–H groups in total. The van der Waals surface area contributed by atoms with Gasteiger partial charge in [0, 0.05) is 11.1 Å². The molecule has 0 unspecified atom stereocenters. The van der Waals surface area contributed by atoms with E-state index in [0.29, 0.717) is 0 Å². The van der Waals surface area contributed by atoms with Crippen molar-refractivity contribution in [2.45, 2.75) is 0 Å². The minimum absolute atomic E-state index is 0. The second kappa shape index (κ2) is 8.99. The Balaban J connectivity index is 0.000000187. The Labute approximate surface area is 166 Å². The molecule has 0 aliphatic carbocycles. The fourth-order valence-corrected chi connectivity index (χ4v) is 2.81. The fourth-order valence-electron chi connectivity index (χ4n) is 2.81. The van der Waals surface area contributed by atoms with Gasteiger partial charge in [-0.2, -0.15) is 0 Å². The van der Waals surface area contributed by atoms with Crippen LogP contribution >= 0.6 is 0 Å². The minimum atomic E-state index is -1.13. The van der Waals surface area contributed by atoms with Crippen molar-refractivity contribution in [3.63, 3.8) is 0 Å². The molecule has 4 aromatic carbocycles. The molecule has 0 bridgehead atoms. The maximum Gasteiger partial charge on any atom is 2.00 e. The van der Waals surface area contributed by atoms with Crippen LogP contribution < -0.4 is 10.2 Å². The summed E-state index contributed by atoms with van der Waals surface area (Å²) in [6, 6.07) is 25.0. The van der Waals surface area contributed by atoms with Crippen LogP contribution in [0.15, 0.2) is 84.9 Å². The molecule has 5 heteroatoms. The van der Waals surface area contributed by atoms with E-state index in [4.69, 9.17) is 0 Å². The first-order chi connectivity index (χ1) is 12.6. The molecule has 0 aromatic heterocycles. The number of rotatable bonds is 2. The molecule has 4 aromatic rings. The average molecular weight is 398 g/mol. The Morgan fingerprint density at radius 2 is 0.852 bits per heavy atom. The molecule has 0 atom stereocenters. The van der Waals surface area contributed by atoms with E-state index < -0.39 is 11.9 Å². The predicted molar refractivity (Wildman–Crippen MR) is 96.6 cm³/mol. The summed E-state index contributed by atoms with van der Waals surface area (Å²) in [5.41, 5.74) is 0.496. The van der Waals surface area contributed by atoms with Crippen LogP contribution in [0.25, 0.3) is 21.5 Å². The summed E-state index contributed by atoms with van der Waals surface area (Å²) in [7, 11) is 0. The van der Waals surface area contributed by atoms with Gasteiger partial charge in [-0.25, -0.2) is 0 Å². The van der Waals surface area contributed by atoms with Crippen molar-refractivity contribution in [1.82, 2.24) is 0 Å². The Morgan fingerprint density at radius 3 is 1.22 bits per heavy atom. The second-order valence-corrected chi connectivity index (χ2v) is 5.63. The van der Waals surface area contributed by atoms with Crippen molar-refractivity contribution < 1.29 is 36.9 Å². The first kappa shape index (κ1) is 20.2. The van der Waals surface area contributed by atoms with Crippen molar-refractivity contribution in [2.75, 3.05) is 0 Å². The molecule has 0 fully saturated rings. The van der Waals surface area contributed by atoms with E-state index in [1.54, 1.807) is 36.4 Å². The van der Waals surface area contributed by atoms with E-state index in [0.717, 1.165) is 21.5 Å². The van der Waals surface area contributed by atoms with Gasteiger partial charge in [0.1, 0.15) is 0 Å². The summed E-state index contributed by atoms with van der Waals surface area (Å²) in [6.07, 6.45) is 0. The van der Waals surface area contributed by atoms with E-state index in [1.165, 1.54) is 0 Å². The normalized spacial score (nSPS) is 9.78. The topological polar surface area (TPSA) is 80.3 Å². The molecule has 27 heavy (non-hydrogen) atoms.